The Morgan fingerprint density at radius 3 is 2.41 bits per heavy atom. The summed E-state index contributed by atoms with van der Waals surface area (Å²) in [7, 11) is 0. The first kappa shape index (κ1) is 28.2. The molecule has 2 unspecified atom stereocenters. The summed E-state index contributed by atoms with van der Waals surface area (Å²) in [5, 5.41) is 3.04. The zero-order valence-corrected chi connectivity index (χ0v) is 19.6. The standard InChI is InChI=1S/C21H18F6N4O5S/c1-12(32)37-16-6-9-31(36-19(34)21(25,26)27)17(35-18(33)20(22,23)24)15(16)10-13-5-8-30(29-13)11-14-4-2-3-7-28-14/h2-5,7-8,10,16-17H,6,9,11H2,1H3/b15-10-. The van der Waals surface area contributed by atoms with Gasteiger partial charge in [-0.1, -0.05) is 22.9 Å². The highest BCUT2D eigenvalue weighted by molar-refractivity contribution is 8.14. The largest absolute Gasteiger partial charge is 0.492 e. The molecular weight excluding hydrogens is 534 g/mol. The molecule has 3 heterocycles. The molecule has 9 nitrogen and oxygen atoms in total. The number of hydroxylamine groups is 2. The Kier molecular flexibility index (Phi) is 8.63. The number of piperidine rings is 1. The van der Waals surface area contributed by atoms with Crippen LogP contribution in [0.5, 0.6) is 0 Å². The normalized spacial score (nSPS) is 20.0. The number of esters is 1. The lowest BCUT2D eigenvalue weighted by Gasteiger charge is -2.38. The van der Waals surface area contributed by atoms with E-state index in [-0.39, 0.29) is 29.3 Å². The van der Waals surface area contributed by atoms with Gasteiger partial charge in [0.2, 0.25) is 6.23 Å². The first-order valence-corrected chi connectivity index (χ1v) is 11.3. The smallest absolute Gasteiger partial charge is 0.433 e. The van der Waals surface area contributed by atoms with Crippen molar-refractivity contribution in [2.24, 2.45) is 0 Å². The maximum atomic E-state index is 13.0. The second-order valence-corrected chi connectivity index (χ2v) is 8.94. The van der Waals surface area contributed by atoms with Crippen LogP contribution in [0.4, 0.5) is 26.3 Å². The van der Waals surface area contributed by atoms with Crippen molar-refractivity contribution in [1.29, 1.82) is 0 Å². The number of hydrogen-bond donors (Lipinski definition) is 0. The summed E-state index contributed by atoms with van der Waals surface area (Å²) in [6.07, 6.45) is -9.09. The van der Waals surface area contributed by atoms with Gasteiger partial charge in [0, 0.05) is 36.7 Å². The number of halogens is 6. The lowest BCUT2D eigenvalue weighted by molar-refractivity contribution is -0.274. The highest BCUT2D eigenvalue weighted by atomic mass is 32.2. The van der Waals surface area contributed by atoms with E-state index in [4.69, 9.17) is 0 Å². The Morgan fingerprint density at radius 2 is 1.81 bits per heavy atom. The Hall–Kier alpha value is -3.40. The fourth-order valence-electron chi connectivity index (χ4n) is 3.26. The summed E-state index contributed by atoms with van der Waals surface area (Å²) in [5.41, 5.74) is 0.522. The summed E-state index contributed by atoms with van der Waals surface area (Å²) >= 11 is 0.663. The van der Waals surface area contributed by atoms with E-state index in [2.05, 4.69) is 19.7 Å². The van der Waals surface area contributed by atoms with Crippen LogP contribution in [0.2, 0.25) is 0 Å². The van der Waals surface area contributed by atoms with Gasteiger partial charge in [-0.15, -0.1) is 0 Å². The Morgan fingerprint density at radius 1 is 1.11 bits per heavy atom. The molecule has 0 bridgehead atoms. The van der Waals surface area contributed by atoms with E-state index in [0.29, 0.717) is 17.5 Å². The molecule has 0 radical (unpaired) electrons. The molecule has 0 aliphatic carbocycles. The van der Waals surface area contributed by atoms with Crippen LogP contribution in [0.1, 0.15) is 24.7 Å². The molecule has 0 spiro atoms. The van der Waals surface area contributed by atoms with Gasteiger partial charge in [-0.2, -0.15) is 31.4 Å². The third kappa shape index (κ3) is 7.79. The van der Waals surface area contributed by atoms with Crippen molar-refractivity contribution < 1.29 is 50.3 Å². The van der Waals surface area contributed by atoms with Crippen molar-refractivity contribution in [2.45, 2.75) is 43.7 Å². The van der Waals surface area contributed by atoms with E-state index in [1.165, 1.54) is 23.9 Å². The summed E-state index contributed by atoms with van der Waals surface area (Å²) in [6.45, 7) is 0.835. The van der Waals surface area contributed by atoms with Gasteiger partial charge in [0.15, 0.2) is 5.12 Å². The summed E-state index contributed by atoms with van der Waals surface area (Å²) in [5.74, 6) is -5.46. The van der Waals surface area contributed by atoms with Crippen molar-refractivity contribution in [3.05, 3.63) is 53.6 Å². The molecule has 37 heavy (non-hydrogen) atoms. The molecule has 2 atom stereocenters. The van der Waals surface area contributed by atoms with Crippen molar-refractivity contribution in [2.75, 3.05) is 6.54 Å². The fourth-order valence-corrected chi connectivity index (χ4v) is 4.21. The topological polar surface area (TPSA) is 104 Å². The van der Waals surface area contributed by atoms with Crippen LogP contribution in [0.3, 0.4) is 0 Å². The molecule has 2 aromatic heterocycles. The van der Waals surface area contributed by atoms with Crippen molar-refractivity contribution in [3.8, 4) is 0 Å². The quantitative estimate of drug-likeness (QED) is 0.393. The zero-order valence-electron chi connectivity index (χ0n) is 18.8. The van der Waals surface area contributed by atoms with E-state index < -0.39 is 47.4 Å². The number of aromatic nitrogens is 3. The van der Waals surface area contributed by atoms with Crippen LogP contribution >= 0.6 is 11.8 Å². The van der Waals surface area contributed by atoms with Gasteiger partial charge in [0.25, 0.3) is 0 Å². The molecule has 1 aliphatic heterocycles. The minimum absolute atomic E-state index is 0.122. The van der Waals surface area contributed by atoms with Gasteiger partial charge in [-0.05, 0) is 30.7 Å². The number of thioether (sulfide) groups is 1. The fraction of sp³-hybridized carbons (Fsp3) is 0.381. The van der Waals surface area contributed by atoms with Crippen molar-refractivity contribution in [1.82, 2.24) is 19.8 Å². The average Bonchev–Trinajstić information content (AvgIpc) is 3.23. The molecule has 3 rings (SSSR count). The van der Waals surface area contributed by atoms with Crippen molar-refractivity contribution >= 4 is 34.9 Å². The lowest BCUT2D eigenvalue weighted by atomic mass is 10.0. The van der Waals surface area contributed by atoms with Gasteiger partial charge in [-0.3, -0.25) is 14.5 Å². The first-order valence-electron chi connectivity index (χ1n) is 10.4. The van der Waals surface area contributed by atoms with E-state index in [1.807, 2.05) is 0 Å². The predicted octanol–water partition coefficient (Wildman–Crippen LogP) is 3.52. The summed E-state index contributed by atoms with van der Waals surface area (Å²) in [6, 6.07) is 6.61. The SMILES string of the molecule is CC(=O)SC1CCN(OC(=O)C(F)(F)F)C(OC(=O)C(F)(F)F)/C1=C\c1ccn(Cc2ccccn2)n1. The van der Waals surface area contributed by atoms with E-state index in [1.54, 1.807) is 24.4 Å². The maximum absolute atomic E-state index is 13.0. The first-order chi connectivity index (χ1) is 17.2. The second-order valence-electron chi connectivity index (χ2n) is 7.56. The van der Waals surface area contributed by atoms with E-state index >= 15 is 0 Å². The minimum Gasteiger partial charge on any atom is -0.433 e. The number of carbonyl (C=O) groups is 3. The zero-order chi connectivity index (χ0) is 27.4. The van der Waals surface area contributed by atoms with Crippen LogP contribution in [0, 0.1) is 0 Å². The third-order valence-corrected chi connectivity index (χ3v) is 5.87. The number of carbonyl (C=O) groups excluding carboxylic acids is 3. The monoisotopic (exact) mass is 552 g/mol. The molecule has 2 aromatic rings. The van der Waals surface area contributed by atoms with Crippen molar-refractivity contribution in [3.63, 3.8) is 0 Å². The molecule has 0 saturated carbocycles. The molecule has 1 saturated heterocycles. The van der Waals surface area contributed by atoms with Crippen LogP contribution in [0.25, 0.3) is 6.08 Å². The number of alkyl halides is 6. The van der Waals surface area contributed by atoms with Crippen LogP contribution in [-0.2, 0) is 30.5 Å². The van der Waals surface area contributed by atoms with Gasteiger partial charge in [0.05, 0.1) is 17.9 Å². The average molecular weight is 552 g/mol. The number of hydrogen-bond acceptors (Lipinski definition) is 9. The molecule has 200 valence electrons. The number of ether oxygens (including phenoxy) is 1. The lowest BCUT2D eigenvalue weighted by Crippen LogP contribution is -2.51. The molecule has 0 N–H and O–H groups in total. The number of rotatable bonds is 6. The molecule has 0 amide bonds. The molecular formula is C21H18F6N4O5S. The molecule has 1 fully saturated rings. The Labute approximate surface area is 209 Å². The Balaban J connectivity index is 1.99. The number of pyridine rings is 1. The predicted molar refractivity (Wildman–Crippen MR) is 115 cm³/mol. The van der Waals surface area contributed by atoms with Crippen LogP contribution in [0.15, 0.2) is 42.2 Å². The highest BCUT2D eigenvalue weighted by Gasteiger charge is 2.49. The highest BCUT2D eigenvalue weighted by Crippen LogP contribution is 2.36. The Bertz CT molecular complexity index is 1170. The molecule has 16 heteroatoms. The number of nitrogens with zero attached hydrogens (tertiary/aromatic N) is 4. The van der Waals surface area contributed by atoms with E-state index in [9.17, 15) is 40.7 Å². The van der Waals surface area contributed by atoms with Gasteiger partial charge < -0.3 is 9.57 Å². The van der Waals surface area contributed by atoms with Crippen LogP contribution in [-0.4, -0.2) is 67.3 Å². The molecule has 0 aromatic carbocycles. The van der Waals surface area contributed by atoms with E-state index in [0.717, 1.165) is 6.08 Å². The van der Waals surface area contributed by atoms with Gasteiger partial charge in [0.1, 0.15) is 0 Å². The van der Waals surface area contributed by atoms with Gasteiger partial charge >= 0.3 is 24.3 Å². The minimum atomic E-state index is -5.50. The summed E-state index contributed by atoms with van der Waals surface area (Å²) in [4.78, 5) is 43.2. The third-order valence-electron chi connectivity index (χ3n) is 4.75. The second kappa shape index (κ2) is 11.3. The summed E-state index contributed by atoms with van der Waals surface area (Å²) < 4.78 is 83.2. The van der Waals surface area contributed by atoms with Crippen LogP contribution < -0.4 is 0 Å². The van der Waals surface area contributed by atoms with Gasteiger partial charge in [-0.25, -0.2) is 9.59 Å². The maximum Gasteiger partial charge on any atom is 0.492 e. The molecule has 1 aliphatic rings.